The quantitative estimate of drug-likeness (QED) is 0.220. The summed E-state index contributed by atoms with van der Waals surface area (Å²) in [5.74, 6) is -1.13. The highest BCUT2D eigenvalue weighted by molar-refractivity contribution is 7.89. The highest BCUT2D eigenvalue weighted by atomic mass is 32.2. The van der Waals surface area contributed by atoms with Gasteiger partial charge >= 0.3 is 0 Å². The van der Waals surface area contributed by atoms with Crippen LogP contribution in [-0.4, -0.2) is 83.0 Å². The van der Waals surface area contributed by atoms with Gasteiger partial charge in [0.05, 0.1) is 30.7 Å². The molecule has 1 N–H and O–H groups in total. The Morgan fingerprint density at radius 2 is 1.64 bits per heavy atom. The number of rotatable bonds is 10. The second-order valence-corrected chi connectivity index (χ2v) is 10.4. The smallest absolute Gasteiger partial charge is 0.295 e. The molecule has 194 valence electrons. The van der Waals surface area contributed by atoms with Gasteiger partial charge in [0.2, 0.25) is 10.0 Å². The van der Waals surface area contributed by atoms with Crippen molar-refractivity contribution in [3.63, 3.8) is 0 Å². The topological polar surface area (TPSA) is 123 Å². The third-order valence-electron chi connectivity index (χ3n) is 5.92. The summed E-state index contributed by atoms with van der Waals surface area (Å²) in [7, 11) is 3.66. The molecule has 10 nitrogen and oxygen atoms in total. The molecule has 0 spiro atoms. The number of nitrogens with zero attached hydrogens (tertiary/aromatic N) is 2. The lowest BCUT2D eigenvalue weighted by Crippen LogP contribution is -2.31. The van der Waals surface area contributed by atoms with Gasteiger partial charge in [-0.3, -0.25) is 9.59 Å². The van der Waals surface area contributed by atoms with Gasteiger partial charge in [-0.15, -0.1) is 0 Å². The largest absolute Gasteiger partial charge is 0.507 e. The fourth-order valence-corrected chi connectivity index (χ4v) is 4.91. The number of ketones is 1. The zero-order valence-electron chi connectivity index (χ0n) is 20.8. The molecule has 36 heavy (non-hydrogen) atoms. The molecule has 0 saturated carbocycles. The van der Waals surface area contributed by atoms with Gasteiger partial charge in [0.25, 0.3) is 11.7 Å². The van der Waals surface area contributed by atoms with Gasteiger partial charge in [0.1, 0.15) is 5.76 Å². The first-order valence-electron chi connectivity index (χ1n) is 11.1. The minimum absolute atomic E-state index is 0.0282. The van der Waals surface area contributed by atoms with E-state index in [1.54, 1.807) is 25.3 Å². The van der Waals surface area contributed by atoms with Crippen molar-refractivity contribution in [1.29, 1.82) is 0 Å². The van der Waals surface area contributed by atoms with E-state index in [2.05, 4.69) is 0 Å². The summed E-state index contributed by atoms with van der Waals surface area (Å²) in [5, 5.41) is 11.2. The lowest BCUT2D eigenvalue weighted by atomic mass is 9.95. The van der Waals surface area contributed by atoms with E-state index in [-0.39, 0.29) is 22.6 Å². The normalized spacial score (nSPS) is 17.6. The Morgan fingerprint density at radius 1 is 1.00 bits per heavy atom. The van der Waals surface area contributed by atoms with E-state index < -0.39 is 33.5 Å². The molecule has 0 radical (unpaired) electrons. The van der Waals surface area contributed by atoms with Crippen LogP contribution in [0.4, 0.5) is 0 Å². The molecule has 1 atom stereocenters. The Balaban J connectivity index is 2.15. The maximum Gasteiger partial charge on any atom is 0.295 e. The first kappa shape index (κ1) is 27.2. The molecule has 1 aliphatic rings. The molecule has 0 bridgehead atoms. The van der Waals surface area contributed by atoms with Crippen molar-refractivity contribution >= 4 is 27.5 Å². The Morgan fingerprint density at radius 3 is 2.19 bits per heavy atom. The Labute approximate surface area is 210 Å². The molecule has 1 unspecified atom stereocenters. The molecule has 3 rings (SSSR count). The molecular weight excluding hydrogens is 488 g/mol. The molecule has 2 aromatic rings. The molecule has 0 aromatic heterocycles. The number of hydrogen-bond acceptors (Lipinski definition) is 8. The summed E-state index contributed by atoms with van der Waals surface area (Å²) in [6.07, 6.45) is 0.477. The fraction of sp³-hybridized carbons (Fsp3) is 0.360. The summed E-state index contributed by atoms with van der Waals surface area (Å²) in [4.78, 5) is 27.6. The number of carbonyl (C=O) groups excluding carboxylic acids is 2. The minimum atomic E-state index is -3.68. The number of likely N-dealkylation sites (tertiary alicyclic amines) is 1. The van der Waals surface area contributed by atoms with E-state index in [0.29, 0.717) is 30.1 Å². The number of amides is 1. The van der Waals surface area contributed by atoms with Crippen molar-refractivity contribution in [3.8, 4) is 11.5 Å². The Kier molecular flexibility index (Phi) is 8.39. The van der Waals surface area contributed by atoms with E-state index >= 15 is 0 Å². The minimum Gasteiger partial charge on any atom is -0.507 e. The number of hydrogen-bond donors (Lipinski definition) is 1. The summed E-state index contributed by atoms with van der Waals surface area (Å²) < 4.78 is 41.7. The SMILES string of the molecule is COCCCN1C(=O)C(=O)/C(=C(\O)c2ccc(S(=O)(=O)N(C)C)cc2)C1c1ccc(OC)c(OC)c1. The second-order valence-electron chi connectivity index (χ2n) is 8.27. The van der Waals surface area contributed by atoms with Crippen molar-refractivity contribution in [1.82, 2.24) is 9.21 Å². The van der Waals surface area contributed by atoms with Crippen molar-refractivity contribution in [2.75, 3.05) is 48.6 Å². The molecule has 0 aliphatic carbocycles. The van der Waals surface area contributed by atoms with Gasteiger partial charge in [0, 0.05) is 39.9 Å². The Bertz CT molecular complexity index is 1270. The van der Waals surface area contributed by atoms with Gasteiger partial charge in [-0.1, -0.05) is 6.07 Å². The van der Waals surface area contributed by atoms with E-state index in [4.69, 9.17) is 14.2 Å². The Hall–Kier alpha value is -3.41. The van der Waals surface area contributed by atoms with E-state index in [9.17, 15) is 23.1 Å². The molecule has 1 saturated heterocycles. The van der Waals surface area contributed by atoms with Gasteiger partial charge in [0.15, 0.2) is 11.5 Å². The predicted octanol–water partition coefficient (Wildman–Crippen LogP) is 2.41. The molecular formula is C25H30N2O8S. The lowest BCUT2D eigenvalue weighted by Gasteiger charge is -2.26. The average Bonchev–Trinajstić information content (AvgIpc) is 3.13. The van der Waals surface area contributed by atoms with Crippen molar-refractivity contribution < 1.29 is 37.3 Å². The zero-order chi connectivity index (χ0) is 26.6. The zero-order valence-corrected chi connectivity index (χ0v) is 21.7. The molecule has 1 heterocycles. The molecule has 1 amide bonds. The number of benzene rings is 2. The van der Waals surface area contributed by atoms with Gasteiger partial charge in [-0.25, -0.2) is 12.7 Å². The predicted molar refractivity (Wildman–Crippen MR) is 132 cm³/mol. The first-order chi connectivity index (χ1) is 17.1. The maximum absolute atomic E-state index is 13.1. The summed E-state index contributed by atoms with van der Waals surface area (Å²) in [6, 6.07) is 9.58. The van der Waals surface area contributed by atoms with Gasteiger partial charge < -0.3 is 24.2 Å². The van der Waals surface area contributed by atoms with Crippen LogP contribution >= 0.6 is 0 Å². The number of sulfonamides is 1. The monoisotopic (exact) mass is 518 g/mol. The molecule has 1 fully saturated rings. The third kappa shape index (κ3) is 5.08. The van der Waals surface area contributed by atoms with Crippen LogP contribution in [-0.2, 0) is 24.3 Å². The van der Waals surface area contributed by atoms with Crippen molar-refractivity contribution in [3.05, 3.63) is 59.2 Å². The lowest BCUT2D eigenvalue weighted by molar-refractivity contribution is -0.140. The summed E-state index contributed by atoms with van der Waals surface area (Å²) in [6.45, 7) is 0.595. The van der Waals surface area contributed by atoms with Crippen molar-refractivity contribution in [2.45, 2.75) is 17.4 Å². The average molecular weight is 519 g/mol. The molecule has 1 aliphatic heterocycles. The second kappa shape index (κ2) is 11.1. The summed E-state index contributed by atoms with van der Waals surface area (Å²) >= 11 is 0. The number of carbonyl (C=O) groups is 2. The van der Waals surface area contributed by atoms with E-state index in [1.807, 2.05) is 0 Å². The van der Waals surface area contributed by atoms with Crippen LogP contribution in [0.25, 0.3) is 5.76 Å². The summed E-state index contributed by atoms with van der Waals surface area (Å²) in [5.41, 5.74) is 0.638. The van der Waals surface area contributed by atoms with E-state index in [0.717, 1.165) is 4.31 Å². The molecule has 11 heteroatoms. The van der Waals surface area contributed by atoms with Crippen LogP contribution in [0.1, 0.15) is 23.6 Å². The van der Waals surface area contributed by atoms with Crippen LogP contribution in [0.2, 0.25) is 0 Å². The molecule has 2 aromatic carbocycles. The standard InChI is InChI=1S/C25H30N2O8S/c1-26(2)36(31,32)18-10-7-16(8-11-18)23(28)21-22(17-9-12-19(34-4)20(15-17)35-5)27(13-6-14-33-3)25(30)24(21)29/h7-12,15,22,28H,6,13-14H2,1-5H3/b23-21-. The van der Waals surface area contributed by atoms with Gasteiger partial charge in [-0.05, 0) is 48.4 Å². The van der Waals surface area contributed by atoms with Gasteiger partial charge in [-0.2, -0.15) is 0 Å². The van der Waals surface area contributed by atoms with Crippen LogP contribution in [0.3, 0.4) is 0 Å². The maximum atomic E-state index is 13.1. The number of aliphatic hydroxyl groups is 1. The van der Waals surface area contributed by atoms with Crippen LogP contribution < -0.4 is 9.47 Å². The van der Waals surface area contributed by atoms with Crippen LogP contribution in [0.15, 0.2) is 52.9 Å². The van der Waals surface area contributed by atoms with Crippen molar-refractivity contribution in [2.24, 2.45) is 0 Å². The first-order valence-corrected chi connectivity index (χ1v) is 12.5. The number of aliphatic hydroxyl groups excluding tert-OH is 1. The number of methoxy groups -OCH3 is 3. The highest BCUT2D eigenvalue weighted by Crippen LogP contribution is 2.42. The van der Waals surface area contributed by atoms with E-state index in [1.165, 1.54) is 57.5 Å². The number of ether oxygens (including phenoxy) is 3. The number of Topliss-reactive ketones (excluding diaryl/α,β-unsaturated/α-hetero) is 1. The highest BCUT2D eigenvalue weighted by Gasteiger charge is 2.46. The third-order valence-corrected chi connectivity index (χ3v) is 7.75. The van der Waals surface area contributed by atoms with Crippen LogP contribution in [0.5, 0.6) is 11.5 Å². The van der Waals surface area contributed by atoms with Crippen LogP contribution in [0, 0.1) is 0 Å². The fourth-order valence-electron chi connectivity index (χ4n) is 4.01.